The van der Waals surface area contributed by atoms with Crippen LogP contribution in [0.25, 0.3) is 5.53 Å². The average molecular weight is 222 g/mol. The molecule has 84 valence electrons. The van der Waals surface area contributed by atoms with Crippen molar-refractivity contribution in [1.82, 2.24) is 0 Å². The van der Waals surface area contributed by atoms with E-state index in [1.807, 2.05) is 0 Å². The van der Waals surface area contributed by atoms with Gasteiger partial charge in [0, 0.05) is 0 Å². The van der Waals surface area contributed by atoms with Gasteiger partial charge in [-0.2, -0.15) is 4.79 Å². The molecule has 1 aromatic rings. The van der Waals surface area contributed by atoms with Crippen LogP contribution in [0.4, 0.5) is 4.39 Å². The van der Waals surface area contributed by atoms with Gasteiger partial charge >= 0.3 is 11.7 Å². The van der Waals surface area contributed by atoms with Gasteiger partial charge in [0.2, 0.25) is 0 Å². The van der Waals surface area contributed by atoms with Crippen LogP contribution in [0.15, 0.2) is 24.3 Å². The second kappa shape index (κ2) is 5.78. The van der Waals surface area contributed by atoms with Gasteiger partial charge in [0.05, 0.1) is 13.0 Å². The first-order chi connectivity index (χ1) is 7.67. The molecule has 0 unspecified atom stereocenters. The summed E-state index contributed by atoms with van der Waals surface area (Å²) in [6.07, 6.45) is 0.0348. The lowest BCUT2D eigenvalue weighted by Crippen LogP contribution is -2.20. The lowest BCUT2D eigenvalue weighted by molar-refractivity contribution is -0.140. The van der Waals surface area contributed by atoms with Gasteiger partial charge < -0.3 is 10.3 Å². The van der Waals surface area contributed by atoms with Gasteiger partial charge in [0.1, 0.15) is 5.82 Å². The number of rotatable bonds is 4. The van der Waals surface area contributed by atoms with Crippen molar-refractivity contribution in [2.45, 2.75) is 13.3 Å². The van der Waals surface area contributed by atoms with Crippen LogP contribution < -0.4 is 0 Å². The first-order valence-corrected chi connectivity index (χ1v) is 4.80. The molecule has 0 spiro atoms. The zero-order valence-electron chi connectivity index (χ0n) is 8.81. The van der Waals surface area contributed by atoms with E-state index in [4.69, 9.17) is 5.53 Å². The van der Waals surface area contributed by atoms with E-state index in [9.17, 15) is 9.18 Å². The van der Waals surface area contributed by atoms with Crippen LogP contribution in [-0.4, -0.2) is 23.1 Å². The first kappa shape index (κ1) is 12.1. The molecule has 0 heterocycles. The van der Waals surface area contributed by atoms with Crippen molar-refractivity contribution >= 4 is 11.7 Å². The number of ether oxygens (including phenoxy) is 1. The molecule has 0 aliphatic heterocycles. The third-order valence-corrected chi connectivity index (χ3v) is 1.89. The standard InChI is InChI=1S/C11H11FN2O2/c1-2-16-11(15)10(14-13)7-8-4-3-5-9(12)6-8/h3-6H,2,7H2,1H3. The monoisotopic (exact) mass is 222 g/mol. The van der Waals surface area contributed by atoms with Crippen molar-refractivity contribution in [2.75, 3.05) is 6.61 Å². The molecular weight excluding hydrogens is 211 g/mol. The highest BCUT2D eigenvalue weighted by Crippen LogP contribution is 2.05. The summed E-state index contributed by atoms with van der Waals surface area (Å²) in [5, 5.41) is 0. The maximum atomic E-state index is 12.9. The van der Waals surface area contributed by atoms with E-state index in [2.05, 4.69) is 9.53 Å². The van der Waals surface area contributed by atoms with E-state index in [1.54, 1.807) is 13.0 Å². The summed E-state index contributed by atoms with van der Waals surface area (Å²) in [6.45, 7) is 1.84. The molecule has 5 heteroatoms. The van der Waals surface area contributed by atoms with Gasteiger partial charge in [-0.3, -0.25) is 0 Å². The summed E-state index contributed by atoms with van der Waals surface area (Å²) >= 11 is 0. The third-order valence-electron chi connectivity index (χ3n) is 1.89. The smallest absolute Gasteiger partial charge is 0.417 e. The van der Waals surface area contributed by atoms with Gasteiger partial charge in [0.25, 0.3) is 0 Å². The Labute approximate surface area is 92.3 Å². The third kappa shape index (κ3) is 3.29. The molecule has 1 rings (SSSR count). The van der Waals surface area contributed by atoms with E-state index in [0.717, 1.165) is 0 Å². The van der Waals surface area contributed by atoms with Crippen molar-refractivity contribution in [3.05, 3.63) is 41.2 Å². The van der Waals surface area contributed by atoms with Crippen molar-refractivity contribution in [2.24, 2.45) is 0 Å². The van der Waals surface area contributed by atoms with Gasteiger partial charge in [0.15, 0.2) is 0 Å². The van der Waals surface area contributed by atoms with Crippen molar-refractivity contribution in [3.8, 4) is 0 Å². The fraction of sp³-hybridized carbons (Fsp3) is 0.273. The van der Waals surface area contributed by atoms with Crippen molar-refractivity contribution < 1.29 is 18.7 Å². The summed E-state index contributed by atoms with van der Waals surface area (Å²) in [4.78, 5) is 14.1. The summed E-state index contributed by atoms with van der Waals surface area (Å²) < 4.78 is 17.5. The number of carbonyl (C=O) groups excluding carboxylic acids is 1. The van der Waals surface area contributed by atoms with E-state index in [1.165, 1.54) is 18.2 Å². The Morgan fingerprint density at radius 2 is 2.31 bits per heavy atom. The molecule has 0 N–H and O–H groups in total. The fourth-order valence-corrected chi connectivity index (χ4v) is 1.20. The molecule has 0 aliphatic rings. The molecule has 16 heavy (non-hydrogen) atoms. The molecule has 0 amide bonds. The highest BCUT2D eigenvalue weighted by Gasteiger charge is 2.21. The van der Waals surface area contributed by atoms with Gasteiger partial charge in [-0.15, -0.1) is 0 Å². The summed E-state index contributed by atoms with van der Waals surface area (Å²) in [6, 6.07) is 5.71. The maximum Gasteiger partial charge on any atom is 0.417 e. The van der Waals surface area contributed by atoms with Crippen LogP contribution in [0.2, 0.25) is 0 Å². The quantitative estimate of drug-likeness (QED) is 0.336. The molecule has 0 bridgehead atoms. The molecule has 0 aliphatic carbocycles. The lowest BCUT2D eigenvalue weighted by Gasteiger charge is -1.98. The Morgan fingerprint density at radius 1 is 1.56 bits per heavy atom. The van der Waals surface area contributed by atoms with E-state index in [-0.39, 0.29) is 18.7 Å². The minimum absolute atomic E-state index is 0.0348. The number of benzene rings is 1. The molecule has 0 atom stereocenters. The lowest BCUT2D eigenvalue weighted by atomic mass is 10.1. The Kier molecular flexibility index (Phi) is 4.36. The number of hydrogen-bond donors (Lipinski definition) is 0. The number of hydrogen-bond acceptors (Lipinski definition) is 2. The van der Waals surface area contributed by atoms with Crippen LogP contribution in [-0.2, 0) is 16.0 Å². The molecule has 0 saturated carbocycles. The molecular formula is C11H11FN2O2. The van der Waals surface area contributed by atoms with E-state index in [0.29, 0.717) is 5.56 Å². The second-order valence-corrected chi connectivity index (χ2v) is 3.07. The van der Waals surface area contributed by atoms with Crippen LogP contribution in [0.1, 0.15) is 12.5 Å². The van der Waals surface area contributed by atoms with E-state index < -0.39 is 11.8 Å². The largest absolute Gasteiger partial charge is 0.457 e. The normalized spacial score (nSPS) is 9.38. The molecule has 0 radical (unpaired) electrons. The van der Waals surface area contributed by atoms with Crippen molar-refractivity contribution in [1.29, 1.82) is 0 Å². The van der Waals surface area contributed by atoms with Crippen molar-refractivity contribution in [3.63, 3.8) is 0 Å². The number of esters is 1. The van der Waals surface area contributed by atoms with Gasteiger partial charge in [-0.25, -0.2) is 9.18 Å². The zero-order valence-corrected chi connectivity index (χ0v) is 8.81. The minimum atomic E-state index is -0.700. The highest BCUT2D eigenvalue weighted by atomic mass is 19.1. The summed E-state index contributed by atoms with van der Waals surface area (Å²) in [5.41, 5.74) is 9.04. The summed E-state index contributed by atoms with van der Waals surface area (Å²) in [5.74, 6) is -1.10. The van der Waals surface area contributed by atoms with Crippen LogP contribution in [0.3, 0.4) is 0 Å². The predicted molar refractivity (Wildman–Crippen MR) is 55.4 cm³/mol. The molecule has 0 saturated heterocycles. The van der Waals surface area contributed by atoms with Gasteiger partial charge in [-0.1, -0.05) is 12.1 Å². The fourth-order valence-electron chi connectivity index (χ4n) is 1.20. The molecule has 1 aromatic carbocycles. The SMILES string of the molecule is CCOC(=O)C(Cc1cccc(F)c1)=[N+]=[N-]. The van der Waals surface area contributed by atoms with E-state index >= 15 is 0 Å². The van der Waals surface area contributed by atoms with Crippen LogP contribution in [0.5, 0.6) is 0 Å². The van der Waals surface area contributed by atoms with Gasteiger partial charge in [-0.05, 0) is 24.6 Å². The van der Waals surface area contributed by atoms with Crippen LogP contribution in [0, 0.1) is 5.82 Å². The second-order valence-electron chi connectivity index (χ2n) is 3.07. The number of nitrogens with zero attached hydrogens (tertiary/aromatic N) is 2. The Hall–Kier alpha value is -2.00. The molecule has 0 fully saturated rings. The Balaban J connectivity index is 2.79. The summed E-state index contributed by atoms with van der Waals surface area (Å²) in [7, 11) is 0. The molecule has 0 aromatic heterocycles. The number of halogens is 1. The zero-order chi connectivity index (χ0) is 12.0. The predicted octanol–water partition coefficient (Wildman–Crippen LogP) is 1.60. The minimum Gasteiger partial charge on any atom is -0.457 e. The maximum absolute atomic E-state index is 12.9. The molecule has 4 nitrogen and oxygen atoms in total. The topological polar surface area (TPSA) is 62.7 Å². The highest BCUT2D eigenvalue weighted by molar-refractivity contribution is 6.34. The van der Waals surface area contributed by atoms with Crippen LogP contribution >= 0.6 is 0 Å². The number of carbonyl (C=O) groups is 1. The Morgan fingerprint density at radius 3 is 2.88 bits per heavy atom. The average Bonchev–Trinajstić information content (AvgIpc) is 2.26. The first-order valence-electron chi connectivity index (χ1n) is 4.80. The Bertz CT molecular complexity index is 439.